The summed E-state index contributed by atoms with van der Waals surface area (Å²) in [5, 5.41) is 11.0. The number of hydrogen-bond donors (Lipinski definition) is 2. The van der Waals surface area contributed by atoms with Crippen LogP contribution < -0.4 is 5.84 Å². The highest BCUT2D eigenvalue weighted by molar-refractivity contribution is 5.82. The summed E-state index contributed by atoms with van der Waals surface area (Å²) in [6.07, 6.45) is 4.86. The molecule has 7 atom stereocenters. The van der Waals surface area contributed by atoms with Gasteiger partial charge in [-0.15, -0.1) is 0 Å². The molecule has 1 amide bonds. The molecule has 4 nitrogen and oxygen atoms in total. The first-order valence-corrected chi connectivity index (χ1v) is 5.64. The molecule has 0 radical (unpaired) electrons. The van der Waals surface area contributed by atoms with Crippen molar-refractivity contribution in [3.63, 3.8) is 0 Å². The molecule has 15 heavy (non-hydrogen) atoms. The van der Waals surface area contributed by atoms with E-state index in [0.717, 1.165) is 10.9 Å². The van der Waals surface area contributed by atoms with Gasteiger partial charge in [0.15, 0.2) is 0 Å². The van der Waals surface area contributed by atoms with E-state index in [2.05, 4.69) is 12.2 Å². The largest absolute Gasteiger partial charge is 0.372 e. The summed E-state index contributed by atoms with van der Waals surface area (Å²) in [6.45, 7) is 0. The van der Waals surface area contributed by atoms with Crippen LogP contribution in [0.1, 0.15) is 6.42 Å². The van der Waals surface area contributed by atoms with Gasteiger partial charge in [0.1, 0.15) is 6.23 Å². The Hall–Kier alpha value is -0.870. The Morgan fingerprint density at radius 1 is 1.33 bits per heavy atom. The average Bonchev–Trinajstić information content (AvgIpc) is 3.02. The summed E-state index contributed by atoms with van der Waals surface area (Å²) in [5.41, 5.74) is 0. The van der Waals surface area contributed by atoms with Gasteiger partial charge >= 0.3 is 0 Å². The van der Waals surface area contributed by atoms with Gasteiger partial charge in [-0.05, 0) is 30.1 Å². The minimum Gasteiger partial charge on any atom is -0.372 e. The summed E-state index contributed by atoms with van der Waals surface area (Å²) in [7, 11) is 0. The van der Waals surface area contributed by atoms with E-state index in [-0.39, 0.29) is 17.7 Å². The molecule has 5 aliphatic rings. The molecule has 3 fully saturated rings. The van der Waals surface area contributed by atoms with E-state index in [1.54, 1.807) is 0 Å². The first kappa shape index (κ1) is 8.30. The van der Waals surface area contributed by atoms with Gasteiger partial charge in [-0.1, -0.05) is 12.2 Å². The quantitative estimate of drug-likeness (QED) is 0.325. The second-order valence-corrected chi connectivity index (χ2v) is 5.37. The summed E-state index contributed by atoms with van der Waals surface area (Å²) >= 11 is 0. The maximum absolute atomic E-state index is 11.9. The fourth-order valence-electron chi connectivity index (χ4n) is 4.16. The van der Waals surface area contributed by atoms with E-state index in [9.17, 15) is 9.90 Å². The van der Waals surface area contributed by atoms with E-state index in [1.165, 1.54) is 6.42 Å². The lowest BCUT2D eigenvalue weighted by Gasteiger charge is -2.39. The molecule has 5 rings (SSSR count). The molecule has 1 heterocycles. The third kappa shape index (κ3) is 0.764. The fraction of sp³-hybridized carbons (Fsp3) is 0.727. The molecule has 80 valence electrons. The van der Waals surface area contributed by atoms with Crippen LogP contribution in [0.5, 0.6) is 0 Å². The maximum Gasteiger partial charge on any atom is 0.243 e. The van der Waals surface area contributed by atoms with Crippen molar-refractivity contribution in [2.24, 2.45) is 41.4 Å². The number of amides is 1. The van der Waals surface area contributed by atoms with E-state index in [1.807, 2.05) is 0 Å². The van der Waals surface area contributed by atoms with Crippen LogP contribution in [0.2, 0.25) is 0 Å². The van der Waals surface area contributed by atoms with Crippen molar-refractivity contribution in [1.82, 2.24) is 5.01 Å². The number of nitrogens with zero attached hydrogens (tertiary/aromatic N) is 1. The predicted molar refractivity (Wildman–Crippen MR) is 51.7 cm³/mol. The minimum atomic E-state index is -0.763. The SMILES string of the molecule is NN1C(=O)[C@H]2C3C=CC([C@H]2C1O)[C@@H]1C[C@H]31. The van der Waals surface area contributed by atoms with Crippen LogP contribution in [0.4, 0.5) is 0 Å². The Kier molecular flexibility index (Phi) is 1.26. The lowest BCUT2D eigenvalue weighted by molar-refractivity contribution is -0.136. The number of rotatable bonds is 0. The second-order valence-electron chi connectivity index (χ2n) is 5.37. The minimum absolute atomic E-state index is 0.0382. The number of nitrogens with two attached hydrogens (primary N) is 1. The molecular weight excluding hydrogens is 192 g/mol. The number of carbonyl (C=O) groups excluding carboxylic acids is 1. The van der Waals surface area contributed by atoms with Crippen LogP contribution in [0, 0.1) is 35.5 Å². The topological polar surface area (TPSA) is 66.6 Å². The van der Waals surface area contributed by atoms with Crippen molar-refractivity contribution in [1.29, 1.82) is 0 Å². The fourth-order valence-corrected chi connectivity index (χ4v) is 4.16. The number of aliphatic hydroxyl groups is 1. The number of hydrogen-bond acceptors (Lipinski definition) is 3. The zero-order chi connectivity index (χ0) is 10.3. The van der Waals surface area contributed by atoms with Crippen LogP contribution in [-0.2, 0) is 4.79 Å². The van der Waals surface area contributed by atoms with Gasteiger partial charge in [-0.25, -0.2) is 5.84 Å². The van der Waals surface area contributed by atoms with Gasteiger partial charge in [-0.3, -0.25) is 9.80 Å². The van der Waals surface area contributed by atoms with Crippen molar-refractivity contribution in [2.45, 2.75) is 12.6 Å². The molecule has 0 aromatic carbocycles. The molecule has 3 unspecified atom stereocenters. The maximum atomic E-state index is 11.9. The van der Waals surface area contributed by atoms with E-state index >= 15 is 0 Å². The first-order chi connectivity index (χ1) is 7.20. The second kappa shape index (κ2) is 2.28. The molecule has 4 heteroatoms. The van der Waals surface area contributed by atoms with Crippen molar-refractivity contribution < 1.29 is 9.90 Å². The third-order valence-electron chi connectivity index (χ3n) is 4.88. The van der Waals surface area contributed by atoms with Crippen LogP contribution in [0.15, 0.2) is 12.2 Å². The monoisotopic (exact) mass is 206 g/mol. The van der Waals surface area contributed by atoms with Gasteiger partial charge in [0.05, 0.1) is 5.92 Å². The highest BCUT2D eigenvalue weighted by Gasteiger charge is 2.66. The van der Waals surface area contributed by atoms with Gasteiger partial charge in [0.25, 0.3) is 0 Å². The summed E-state index contributed by atoms with van der Waals surface area (Å²) in [6, 6.07) is 0. The summed E-state index contributed by atoms with van der Waals surface area (Å²) < 4.78 is 0. The Morgan fingerprint density at radius 2 is 2.00 bits per heavy atom. The highest BCUT2D eigenvalue weighted by Crippen LogP contribution is 2.65. The van der Waals surface area contributed by atoms with Crippen molar-refractivity contribution in [3.05, 3.63) is 12.2 Å². The van der Waals surface area contributed by atoms with Gasteiger partial charge in [0, 0.05) is 5.92 Å². The van der Waals surface area contributed by atoms with Gasteiger partial charge < -0.3 is 5.11 Å². The average molecular weight is 206 g/mol. The summed E-state index contributed by atoms with van der Waals surface area (Å²) in [4.78, 5) is 11.9. The number of carbonyl (C=O) groups is 1. The number of allylic oxidation sites excluding steroid dienone is 2. The smallest absolute Gasteiger partial charge is 0.243 e. The van der Waals surface area contributed by atoms with Crippen LogP contribution in [0.25, 0.3) is 0 Å². The lowest BCUT2D eigenvalue weighted by atomic mass is 9.63. The molecule has 0 spiro atoms. The molecule has 1 saturated heterocycles. The van der Waals surface area contributed by atoms with E-state index in [0.29, 0.717) is 17.8 Å². The standard InChI is InChI=1S/C11H14N2O2/c12-13-10(14)8-4-1-2-5(7-3-6(4)7)9(8)11(13)15/h1-2,4-10,14H,3,12H2/t4?,5?,6-,7+,8+,9-,10?/m0/s1. The summed E-state index contributed by atoms with van der Waals surface area (Å²) in [5.74, 6) is 7.71. The van der Waals surface area contributed by atoms with E-state index < -0.39 is 6.23 Å². The molecule has 0 aromatic heterocycles. The Labute approximate surface area is 87.7 Å². The molecule has 2 saturated carbocycles. The zero-order valence-electron chi connectivity index (χ0n) is 8.28. The van der Waals surface area contributed by atoms with Crippen LogP contribution in [-0.4, -0.2) is 22.3 Å². The molecule has 3 N–H and O–H groups in total. The van der Waals surface area contributed by atoms with Crippen molar-refractivity contribution in [2.75, 3.05) is 0 Å². The zero-order valence-corrected chi connectivity index (χ0v) is 8.28. The van der Waals surface area contributed by atoms with Gasteiger partial charge in [0.2, 0.25) is 5.91 Å². The van der Waals surface area contributed by atoms with Gasteiger partial charge in [-0.2, -0.15) is 0 Å². The molecule has 1 aliphatic heterocycles. The number of hydrazine groups is 1. The molecule has 2 bridgehead atoms. The lowest BCUT2D eigenvalue weighted by Crippen LogP contribution is -2.42. The highest BCUT2D eigenvalue weighted by atomic mass is 16.3. The molecule has 4 aliphatic carbocycles. The third-order valence-corrected chi connectivity index (χ3v) is 4.88. The number of aliphatic hydroxyl groups excluding tert-OH is 1. The predicted octanol–water partition coefficient (Wildman–Crippen LogP) is -0.295. The van der Waals surface area contributed by atoms with Crippen LogP contribution >= 0.6 is 0 Å². The Balaban J connectivity index is 1.83. The Bertz CT molecular complexity index is 381. The van der Waals surface area contributed by atoms with E-state index in [4.69, 9.17) is 5.84 Å². The van der Waals surface area contributed by atoms with Crippen molar-refractivity contribution >= 4 is 5.91 Å². The molecular formula is C11H14N2O2. The Morgan fingerprint density at radius 3 is 2.80 bits per heavy atom. The van der Waals surface area contributed by atoms with Crippen molar-refractivity contribution in [3.8, 4) is 0 Å². The first-order valence-electron chi connectivity index (χ1n) is 5.64. The molecule has 0 aromatic rings. The van der Waals surface area contributed by atoms with Crippen LogP contribution in [0.3, 0.4) is 0 Å². The normalized spacial score (nSPS) is 59.5.